The number of Topliss-reactive ketones (excluding diaryl/α,β-unsaturated/α-hetero) is 1. The highest BCUT2D eigenvalue weighted by atomic mass is 16.5. The predicted molar refractivity (Wildman–Crippen MR) is 140 cm³/mol. The third-order valence-corrected chi connectivity index (χ3v) is 6.32. The number of aliphatic hydroxyl groups is 1. The Labute approximate surface area is 208 Å². The number of ketones is 1. The van der Waals surface area contributed by atoms with Crippen molar-refractivity contribution in [3.05, 3.63) is 65.2 Å². The molecule has 188 valence electrons. The van der Waals surface area contributed by atoms with Crippen molar-refractivity contribution in [3.8, 4) is 5.75 Å². The Morgan fingerprint density at radius 2 is 1.60 bits per heavy atom. The number of likely N-dealkylation sites (tertiary alicyclic amines) is 1. The minimum atomic E-state index is -0.654. The van der Waals surface area contributed by atoms with Crippen molar-refractivity contribution in [2.45, 2.75) is 33.2 Å². The molecule has 1 N–H and O–H groups in total. The Balaban J connectivity index is 2.05. The Bertz CT molecular complexity index is 1040. The van der Waals surface area contributed by atoms with Gasteiger partial charge < -0.3 is 24.5 Å². The van der Waals surface area contributed by atoms with Crippen molar-refractivity contribution >= 4 is 23.1 Å². The van der Waals surface area contributed by atoms with Crippen LogP contribution in [0.4, 0.5) is 5.69 Å². The van der Waals surface area contributed by atoms with Crippen LogP contribution in [0.3, 0.4) is 0 Å². The largest absolute Gasteiger partial charge is 0.507 e. The van der Waals surface area contributed by atoms with E-state index in [-0.39, 0.29) is 11.3 Å². The molecule has 1 unspecified atom stereocenters. The summed E-state index contributed by atoms with van der Waals surface area (Å²) in [7, 11) is 3.95. The highest BCUT2D eigenvalue weighted by Crippen LogP contribution is 2.40. The van der Waals surface area contributed by atoms with Crippen LogP contribution in [-0.4, -0.2) is 73.5 Å². The SMILES string of the molecule is CCOc1ccc(/C(O)=C2/C(=O)C(=O)N(CCCN(C)C)C2c2ccc(N(CC)CC)cc2)cc1. The maximum Gasteiger partial charge on any atom is 0.295 e. The highest BCUT2D eigenvalue weighted by molar-refractivity contribution is 6.46. The van der Waals surface area contributed by atoms with Crippen LogP contribution >= 0.6 is 0 Å². The Kier molecular flexibility index (Phi) is 8.93. The summed E-state index contributed by atoms with van der Waals surface area (Å²) in [6, 6.07) is 14.2. The predicted octanol–water partition coefficient (Wildman–Crippen LogP) is 4.30. The van der Waals surface area contributed by atoms with Gasteiger partial charge in [0.2, 0.25) is 0 Å². The fourth-order valence-electron chi connectivity index (χ4n) is 4.50. The molecule has 0 radical (unpaired) electrons. The fourth-order valence-corrected chi connectivity index (χ4v) is 4.50. The first kappa shape index (κ1) is 26.3. The van der Waals surface area contributed by atoms with Gasteiger partial charge in [0.25, 0.3) is 11.7 Å². The molecule has 35 heavy (non-hydrogen) atoms. The monoisotopic (exact) mass is 479 g/mol. The van der Waals surface area contributed by atoms with E-state index in [2.05, 4.69) is 18.7 Å². The van der Waals surface area contributed by atoms with Gasteiger partial charge in [-0.15, -0.1) is 0 Å². The first-order valence-corrected chi connectivity index (χ1v) is 12.3. The average Bonchev–Trinajstić information content (AvgIpc) is 3.10. The van der Waals surface area contributed by atoms with Crippen molar-refractivity contribution in [2.24, 2.45) is 0 Å². The third-order valence-electron chi connectivity index (χ3n) is 6.32. The van der Waals surface area contributed by atoms with E-state index in [1.165, 1.54) is 0 Å². The smallest absolute Gasteiger partial charge is 0.295 e. The maximum atomic E-state index is 13.2. The van der Waals surface area contributed by atoms with Crippen LogP contribution in [0.15, 0.2) is 54.1 Å². The van der Waals surface area contributed by atoms with E-state index in [0.29, 0.717) is 24.5 Å². The topological polar surface area (TPSA) is 73.3 Å². The lowest BCUT2D eigenvalue weighted by Crippen LogP contribution is -2.32. The number of nitrogens with zero attached hydrogens (tertiary/aromatic N) is 3. The van der Waals surface area contributed by atoms with Gasteiger partial charge in [0.1, 0.15) is 11.5 Å². The molecular formula is C28H37N3O4. The summed E-state index contributed by atoms with van der Waals surface area (Å²) in [6.45, 7) is 9.62. The molecule has 1 amide bonds. The number of aliphatic hydroxyl groups excluding tert-OH is 1. The van der Waals surface area contributed by atoms with Gasteiger partial charge in [-0.25, -0.2) is 0 Å². The summed E-state index contributed by atoms with van der Waals surface area (Å²) in [5, 5.41) is 11.2. The second kappa shape index (κ2) is 11.9. The minimum absolute atomic E-state index is 0.125. The summed E-state index contributed by atoms with van der Waals surface area (Å²) in [5.74, 6) is -0.718. The molecule has 0 spiro atoms. The van der Waals surface area contributed by atoms with E-state index < -0.39 is 17.7 Å². The lowest BCUT2D eigenvalue weighted by molar-refractivity contribution is -0.139. The van der Waals surface area contributed by atoms with Gasteiger partial charge in [0, 0.05) is 30.9 Å². The van der Waals surface area contributed by atoms with Crippen LogP contribution in [0.2, 0.25) is 0 Å². The quantitative estimate of drug-likeness (QED) is 0.294. The summed E-state index contributed by atoms with van der Waals surface area (Å²) in [4.78, 5) is 32.2. The minimum Gasteiger partial charge on any atom is -0.507 e. The van der Waals surface area contributed by atoms with Crippen LogP contribution in [0.1, 0.15) is 44.4 Å². The summed E-state index contributed by atoms with van der Waals surface area (Å²) >= 11 is 0. The van der Waals surface area contributed by atoms with Crippen LogP contribution in [0.25, 0.3) is 5.76 Å². The lowest BCUT2D eigenvalue weighted by atomic mass is 9.95. The van der Waals surface area contributed by atoms with E-state index in [0.717, 1.165) is 37.3 Å². The molecule has 7 heteroatoms. The molecule has 1 saturated heterocycles. The average molecular weight is 480 g/mol. The molecule has 3 rings (SSSR count). The normalized spacial score (nSPS) is 17.3. The molecule has 2 aromatic rings. The fraction of sp³-hybridized carbons (Fsp3) is 0.429. The number of rotatable bonds is 11. The van der Waals surface area contributed by atoms with Gasteiger partial charge in [-0.1, -0.05) is 12.1 Å². The molecule has 1 aliphatic rings. The van der Waals surface area contributed by atoms with E-state index >= 15 is 0 Å². The van der Waals surface area contributed by atoms with Gasteiger partial charge in [-0.3, -0.25) is 9.59 Å². The van der Waals surface area contributed by atoms with Crippen LogP contribution in [-0.2, 0) is 9.59 Å². The molecule has 1 fully saturated rings. The van der Waals surface area contributed by atoms with E-state index in [1.807, 2.05) is 50.2 Å². The number of hydrogen-bond donors (Lipinski definition) is 1. The van der Waals surface area contributed by atoms with Crippen molar-refractivity contribution in [1.29, 1.82) is 0 Å². The van der Waals surface area contributed by atoms with Crippen molar-refractivity contribution in [3.63, 3.8) is 0 Å². The summed E-state index contributed by atoms with van der Waals surface area (Å²) in [6.07, 6.45) is 0.719. The van der Waals surface area contributed by atoms with E-state index in [1.54, 1.807) is 29.2 Å². The standard InChI is InChI=1S/C28H37N3O4/c1-6-30(7-2)22-14-10-20(11-15-22)25-24(26(32)21-12-16-23(17-13-21)35-8-3)27(33)28(34)31(25)19-9-18-29(4)5/h10-17,25,32H,6-9,18-19H2,1-5H3/b26-24-. The molecule has 0 bridgehead atoms. The zero-order valence-electron chi connectivity index (χ0n) is 21.5. The Hall–Kier alpha value is -3.32. The number of anilines is 1. The van der Waals surface area contributed by atoms with Gasteiger partial charge in [-0.2, -0.15) is 0 Å². The molecule has 1 heterocycles. The van der Waals surface area contributed by atoms with E-state index in [9.17, 15) is 14.7 Å². The molecule has 1 atom stereocenters. The third kappa shape index (κ3) is 5.85. The van der Waals surface area contributed by atoms with E-state index in [4.69, 9.17) is 4.74 Å². The van der Waals surface area contributed by atoms with Crippen molar-refractivity contribution < 1.29 is 19.4 Å². The zero-order valence-corrected chi connectivity index (χ0v) is 21.5. The molecular weight excluding hydrogens is 442 g/mol. The number of hydrogen-bond acceptors (Lipinski definition) is 6. The molecule has 1 aliphatic heterocycles. The highest BCUT2D eigenvalue weighted by Gasteiger charge is 2.45. The van der Waals surface area contributed by atoms with Crippen LogP contribution < -0.4 is 9.64 Å². The molecule has 0 saturated carbocycles. The number of carbonyl (C=O) groups is 2. The summed E-state index contributed by atoms with van der Waals surface area (Å²) in [5.41, 5.74) is 2.48. The van der Waals surface area contributed by atoms with Crippen molar-refractivity contribution in [1.82, 2.24) is 9.80 Å². The first-order chi connectivity index (χ1) is 16.8. The number of carbonyl (C=O) groups excluding carboxylic acids is 2. The second-order valence-electron chi connectivity index (χ2n) is 8.87. The lowest BCUT2D eigenvalue weighted by Gasteiger charge is -2.27. The van der Waals surface area contributed by atoms with Gasteiger partial charge >= 0.3 is 0 Å². The zero-order chi connectivity index (χ0) is 25.5. The Morgan fingerprint density at radius 1 is 0.971 bits per heavy atom. The number of benzene rings is 2. The second-order valence-corrected chi connectivity index (χ2v) is 8.87. The number of ether oxygens (including phenoxy) is 1. The Morgan fingerprint density at radius 3 is 2.14 bits per heavy atom. The van der Waals surface area contributed by atoms with Crippen molar-refractivity contribution in [2.75, 3.05) is 51.8 Å². The molecule has 0 aliphatic carbocycles. The molecule has 2 aromatic carbocycles. The maximum absolute atomic E-state index is 13.2. The van der Waals surface area contributed by atoms with Crippen LogP contribution in [0.5, 0.6) is 5.75 Å². The van der Waals surface area contributed by atoms with Crippen LogP contribution in [0, 0.1) is 0 Å². The summed E-state index contributed by atoms with van der Waals surface area (Å²) < 4.78 is 5.49. The first-order valence-electron chi connectivity index (χ1n) is 12.3. The van der Waals surface area contributed by atoms with Gasteiger partial charge in [0.15, 0.2) is 0 Å². The van der Waals surface area contributed by atoms with Gasteiger partial charge in [0.05, 0.1) is 18.2 Å². The van der Waals surface area contributed by atoms with Gasteiger partial charge in [-0.05, 0) is 89.8 Å². The number of amides is 1. The molecule has 7 nitrogen and oxygen atoms in total. The molecule has 0 aromatic heterocycles.